The first-order chi connectivity index (χ1) is 51.5. The van der Waals surface area contributed by atoms with Crippen LogP contribution in [0.2, 0.25) is 5.02 Å². The molecular weight excluding hydrogens is 1480 g/mol. The number of halogens is 15. The van der Waals surface area contributed by atoms with Crippen LogP contribution < -0.4 is 14.2 Å². The molecule has 628 valence electrons. The van der Waals surface area contributed by atoms with Crippen LogP contribution in [0.3, 0.4) is 0 Å². The van der Waals surface area contributed by atoms with E-state index in [0.29, 0.717) is 44.8 Å². The van der Waals surface area contributed by atoms with Gasteiger partial charge in [-0.15, -0.1) is 0 Å². The molecule has 12 aliphatic rings. The van der Waals surface area contributed by atoms with Crippen LogP contribution in [0.5, 0.6) is 17.2 Å². The molecule has 0 bridgehead atoms. The third-order valence-corrected chi connectivity index (χ3v) is 20.4. The minimum absolute atomic E-state index is 0.0239. The number of benzene rings is 4. The van der Waals surface area contributed by atoms with Crippen molar-refractivity contribution < 1.29 is 75.7 Å². The van der Waals surface area contributed by atoms with Gasteiger partial charge in [0.25, 0.3) is 5.92 Å². The van der Waals surface area contributed by atoms with Crippen molar-refractivity contribution in [2.75, 3.05) is 215 Å². The Labute approximate surface area is 651 Å². The second-order valence-electron chi connectivity index (χ2n) is 31.6. The quantitative estimate of drug-likeness (QED) is 0.124. The molecule has 12 fully saturated rings. The molecule has 0 N–H and O–H groups in total. The molecule has 0 amide bonds. The van der Waals surface area contributed by atoms with Gasteiger partial charge in [-0.25, -0.2) is 27.4 Å². The zero-order valence-electron chi connectivity index (χ0n) is 67.0. The third-order valence-electron chi connectivity index (χ3n) is 20.2. The van der Waals surface area contributed by atoms with Gasteiger partial charge in [-0.05, 0) is 216 Å². The van der Waals surface area contributed by atoms with Gasteiger partial charge in [0.05, 0.1) is 19.0 Å². The SMILES string of the molecule is CN1CC(C(F)(F)F)C1.CN1CC(C)(Oc2ccccc2)C1.CN1CC(Cc2ccccc2)C1.CN1CC(F)(F)C1.CN1CC(Oc2ccc(Cl)cc2)C1.CN1CC(Oc2ccccc2)C1.CN1CCC(F)C1.CN1CCC1(F)F.CN1CCC1C(F)(F)F.CN1CCCC1.CN1CCCC1(F)F.CN1CCCC1F. The Morgan fingerprint density at radius 1 is 0.409 bits per heavy atom. The predicted octanol–water partition coefficient (Wildman–Crippen LogP) is 14.5. The lowest BCUT2D eigenvalue weighted by Crippen LogP contribution is -2.61. The number of likely N-dealkylation sites (tertiary alicyclic amines) is 12. The Balaban J connectivity index is 0.000000217. The maximum absolute atomic E-state index is 12.3. The summed E-state index contributed by atoms with van der Waals surface area (Å²) in [6.07, 6.45) is -0.896. The molecule has 3 unspecified atom stereocenters. The fourth-order valence-corrected chi connectivity index (χ4v) is 13.4. The van der Waals surface area contributed by atoms with E-state index in [1.165, 1.54) is 77.0 Å². The first-order valence-corrected chi connectivity index (χ1v) is 38.6. The third kappa shape index (κ3) is 37.2. The molecule has 12 heterocycles. The molecule has 0 saturated carbocycles. The summed E-state index contributed by atoms with van der Waals surface area (Å²) in [5, 5.41) is 0.748. The van der Waals surface area contributed by atoms with Crippen molar-refractivity contribution in [3.63, 3.8) is 0 Å². The highest BCUT2D eigenvalue weighted by atomic mass is 35.5. The van der Waals surface area contributed by atoms with Crippen molar-refractivity contribution in [1.29, 1.82) is 0 Å². The fourth-order valence-electron chi connectivity index (χ4n) is 13.3. The average Bonchev–Trinajstić information content (AvgIpc) is 0.846. The molecule has 0 radical (unpaired) electrons. The summed E-state index contributed by atoms with van der Waals surface area (Å²) in [5.74, 6) is 0.311. The van der Waals surface area contributed by atoms with Crippen LogP contribution >= 0.6 is 11.6 Å². The number of alkyl halides is 14. The van der Waals surface area contributed by atoms with E-state index in [1.807, 2.05) is 104 Å². The van der Waals surface area contributed by atoms with Crippen LogP contribution in [0, 0.1) is 11.8 Å². The molecule has 12 saturated heterocycles. The number of rotatable bonds is 8. The number of para-hydroxylation sites is 2. The largest absolute Gasteiger partial charge is 0.488 e. The van der Waals surface area contributed by atoms with E-state index in [9.17, 15) is 61.5 Å². The smallest absolute Gasteiger partial charge is 0.404 e. The maximum Gasteiger partial charge on any atom is 0.404 e. The predicted molar refractivity (Wildman–Crippen MR) is 412 cm³/mol. The van der Waals surface area contributed by atoms with Crippen LogP contribution in [0.4, 0.5) is 61.5 Å². The minimum atomic E-state index is -4.01. The molecule has 15 nitrogen and oxygen atoms in total. The lowest BCUT2D eigenvalue weighted by atomic mass is 9.93. The Kier molecular flexibility index (Phi) is 40.0. The Hall–Kier alpha value is -4.89. The summed E-state index contributed by atoms with van der Waals surface area (Å²) >= 11 is 5.76. The normalized spacial score (nSPS) is 24.8. The molecule has 16 rings (SSSR count). The van der Waals surface area contributed by atoms with Gasteiger partial charge in [-0.2, -0.15) is 43.9 Å². The standard InChI is InChI=1S/C11H15NO.C11H15N.C10H12ClNO.C10H13NO.2C5H8F3N.C5H9F2N.2C5H10FN.C5H11N.2C4H7F2N/c1-11(8-12(2)9-11)13-10-6-4-3-5-7-10;1-12-8-11(9-12)7-10-5-3-2-4-6-10;1-12-6-10(7-12)13-9-4-2-8(11)3-5-9;1-11-7-10(8-11)12-9-5-3-2-4-6-9;1-9-2-4(3-9)5(6,7)8;1-9-3-2-4(9)5(6,7)8;1-8-4-2-3-5(8,6)7;1-7-3-2-5(6)4-7;1-7-4-2-3-5(7)6;1-6-4-2-3-5-6;1-7-2-4(5,6)3-7;1-7-3-2-4(7,5)6/h3-7H,8-9H2,1-2H3;2-6,11H,7-9H2,1H3;2-5,10H,6-7H2,1H3;2-6,10H,7-8H2,1H3;2*4H,2-3H2,1H3;2-4H2,1H3;2*5H,2-4H2,1H3;2-5H2,1H3;2*2-3H2,1H3. The van der Waals surface area contributed by atoms with E-state index in [2.05, 4.69) is 97.0 Å². The van der Waals surface area contributed by atoms with Crippen LogP contribution in [0.15, 0.2) is 115 Å². The van der Waals surface area contributed by atoms with Crippen LogP contribution in [0.25, 0.3) is 0 Å². The summed E-state index contributed by atoms with van der Waals surface area (Å²) in [7, 11) is 22.1. The molecule has 4 aromatic carbocycles. The van der Waals surface area contributed by atoms with E-state index in [1.54, 1.807) is 28.8 Å². The molecule has 0 aliphatic carbocycles. The van der Waals surface area contributed by atoms with Gasteiger partial charge in [-0.1, -0.05) is 78.3 Å². The summed E-state index contributed by atoms with van der Waals surface area (Å²) in [6, 6.07) is 32.1. The van der Waals surface area contributed by atoms with Gasteiger partial charge in [0.2, 0.25) is 0 Å². The van der Waals surface area contributed by atoms with Gasteiger partial charge in [0.15, 0.2) is 6.30 Å². The number of likely N-dealkylation sites (N-methyl/N-ethyl adjacent to an activating group) is 3. The Morgan fingerprint density at radius 3 is 1.12 bits per heavy atom. The molecule has 110 heavy (non-hydrogen) atoms. The van der Waals surface area contributed by atoms with Crippen LogP contribution in [-0.4, -0.2) is 341 Å². The van der Waals surface area contributed by atoms with Gasteiger partial charge in [0.1, 0.15) is 47.3 Å². The summed E-state index contributed by atoms with van der Waals surface area (Å²) in [4.78, 5) is 21.9. The zero-order chi connectivity index (χ0) is 81.6. The summed E-state index contributed by atoms with van der Waals surface area (Å²) in [5.41, 5.74) is 1.51. The highest BCUT2D eigenvalue weighted by Gasteiger charge is 2.48. The van der Waals surface area contributed by atoms with Crippen molar-refractivity contribution in [3.05, 3.63) is 126 Å². The van der Waals surface area contributed by atoms with Crippen LogP contribution in [0.1, 0.15) is 70.3 Å². The number of hydrogen-bond acceptors (Lipinski definition) is 15. The monoisotopic (exact) mass is 1600 g/mol. The molecular formula is C80H125ClF14N12O3. The zero-order valence-corrected chi connectivity index (χ0v) is 67.7. The average molecular weight is 1600 g/mol. The number of hydrogen-bond donors (Lipinski definition) is 0. The lowest BCUT2D eigenvalue weighted by Gasteiger charge is -2.45. The van der Waals surface area contributed by atoms with E-state index < -0.39 is 54.8 Å². The maximum atomic E-state index is 12.3. The van der Waals surface area contributed by atoms with E-state index in [0.717, 1.165) is 110 Å². The van der Waals surface area contributed by atoms with E-state index in [4.69, 9.17) is 25.8 Å². The van der Waals surface area contributed by atoms with Crippen molar-refractivity contribution in [2.24, 2.45) is 11.8 Å². The van der Waals surface area contributed by atoms with Gasteiger partial charge >= 0.3 is 24.4 Å². The minimum Gasteiger partial charge on any atom is -0.488 e. The molecule has 4 aromatic rings. The van der Waals surface area contributed by atoms with Crippen LogP contribution in [-0.2, 0) is 6.42 Å². The van der Waals surface area contributed by atoms with Gasteiger partial charge in [-0.3, -0.25) is 29.4 Å². The first kappa shape index (κ1) is 95.7. The van der Waals surface area contributed by atoms with Gasteiger partial charge < -0.3 is 33.8 Å². The second kappa shape index (κ2) is 46.0. The molecule has 30 heteroatoms. The summed E-state index contributed by atoms with van der Waals surface area (Å²) < 4.78 is 183. The topological polar surface area (TPSA) is 66.6 Å². The molecule has 0 aromatic heterocycles. The van der Waals surface area contributed by atoms with Crippen molar-refractivity contribution >= 4 is 11.6 Å². The van der Waals surface area contributed by atoms with Crippen molar-refractivity contribution in [3.8, 4) is 17.2 Å². The molecule has 0 spiro atoms. The first-order valence-electron chi connectivity index (χ1n) is 38.2. The van der Waals surface area contributed by atoms with Crippen molar-refractivity contribution in [1.82, 2.24) is 58.8 Å². The number of nitrogens with zero attached hydrogens (tertiary/aromatic N) is 12. The van der Waals surface area contributed by atoms with Gasteiger partial charge in [0, 0.05) is 123 Å². The molecule has 3 atom stereocenters. The highest BCUT2D eigenvalue weighted by molar-refractivity contribution is 6.30. The Morgan fingerprint density at radius 2 is 0.873 bits per heavy atom. The van der Waals surface area contributed by atoms with E-state index in [-0.39, 0.29) is 51.0 Å². The van der Waals surface area contributed by atoms with Crippen molar-refractivity contribution in [2.45, 2.75) is 138 Å². The fraction of sp³-hybridized carbons (Fsp3) is 0.700. The second-order valence-corrected chi connectivity index (χ2v) is 32.0. The number of ether oxygens (including phenoxy) is 3. The Bertz CT molecular complexity index is 3000. The lowest BCUT2D eigenvalue weighted by molar-refractivity contribution is -0.206. The van der Waals surface area contributed by atoms with E-state index >= 15 is 0 Å². The molecule has 12 aliphatic heterocycles. The summed E-state index contributed by atoms with van der Waals surface area (Å²) in [6.45, 7) is 17.9. The highest BCUT2D eigenvalue weighted by Crippen LogP contribution is 2.35.